The lowest BCUT2D eigenvalue weighted by atomic mass is 10.1. The summed E-state index contributed by atoms with van der Waals surface area (Å²) in [6.07, 6.45) is 0.431. The van der Waals surface area contributed by atoms with E-state index in [1.54, 1.807) is 24.3 Å². The third-order valence-electron chi connectivity index (χ3n) is 3.22. The number of nitrogens with zero attached hydrogens (tertiary/aromatic N) is 1. The van der Waals surface area contributed by atoms with Gasteiger partial charge >= 0.3 is 0 Å². The molecule has 0 spiro atoms. The summed E-state index contributed by atoms with van der Waals surface area (Å²) < 4.78 is 0. The van der Waals surface area contributed by atoms with Gasteiger partial charge in [-0.05, 0) is 30.2 Å². The van der Waals surface area contributed by atoms with Crippen LogP contribution in [0.25, 0.3) is 0 Å². The fraction of sp³-hybridized carbons (Fsp3) is 0.235. The van der Waals surface area contributed by atoms with E-state index in [2.05, 4.69) is 15.6 Å². The molecular weight excluding hydrogens is 420 g/mol. The largest absolute Gasteiger partial charge is 0.326 e. The third kappa shape index (κ3) is 5.24. The van der Waals surface area contributed by atoms with Crippen LogP contribution in [-0.4, -0.2) is 16.8 Å². The Balaban J connectivity index is 2.10. The molecule has 0 saturated heterocycles. The predicted molar refractivity (Wildman–Crippen MR) is 107 cm³/mol. The fourth-order valence-corrected chi connectivity index (χ4v) is 2.86. The molecule has 26 heavy (non-hydrogen) atoms. The van der Waals surface area contributed by atoms with Crippen LogP contribution in [0.1, 0.15) is 30.8 Å². The van der Waals surface area contributed by atoms with Crippen LogP contribution in [0, 0.1) is 5.92 Å². The highest BCUT2D eigenvalue weighted by atomic mass is 35.5. The predicted octanol–water partition coefficient (Wildman–Crippen LogP) is 5.93. The molecule has 0 fully saturated rings. The molecule has 0 bridgehead atoms. The van der Waals surface area contributed by atoms with Crippen molar-refractivity contribution in [1.82, 2.24) is 4.98 Å². The normalized spacial score (nSPS) is 10.7. The van der Waals surface area contributed by atoms with E-state index in [0.717, 1.165) is 0 Å². The molecule has 0 aliphatic heterocycles. The summed E-state index contributed by atoms with van der Waals surface area (Å²) in [7, 11) is 0. The minimum absolute atomic E-state index is 0.0172. The van der Waals surface area contributed by atoms with Crippen molar-refractivity contribution in [2.45, 2.75) is 20.3 Å². The second-order valence-electron chi connectivity index (χ2n) is 5.87. The molecule has 2 aromatic rings. The van der Waals surface area contributed by atoms with Crippen molar-refractivity contribution in [2.75, 3.05) is 10.6 Å². The van der Waals surface area contributed by atoms with Crippen LogP contribution in [0.4, 0.5) is 11.4 Å². The van der Waals surface area contributed by atoms with Crippen molar-refractivity contribution in [1.29, 1.82) is 0 Å². The van der Waals surface area contributed by atoms with Crippen LogP contribution < -0.4 is 10.6 Å². The number of aromatic nitrogens is 1. The Hall–Kier alpha value is -1.53. The maximum absolute atomic E-state index is 12.3. The van der Waals surface area contributed by atoms with E-state index in [1.165, 1.54) is 0 Å². The quantitative estimate of drug-likeness (QED) is 0.572. The minimum Gasteiger partial charge on any atom is -0.326 e. The Kier molecular flexibility index (Phi) is 7.12. The smallest absolute Gasteiger partial charge is 0.275 e. The van der Waals surface area contributed by atoms with E-state index in [9.17, 15) is 9.59 Å². The number of anilines is 2. The third-order valence-corrected chi connectivity index (χ3v) is 4.90. The SMILES string of the molecule is CC(C)CC(=O)Nc1ccc(NC(=O)c2nc(Cl)c(Cl)c(Cl)c2Cl)cc1. The van der Waals surface area contributed by atoms with Gasteiger partial charge in [0, 0.05) is 17.8 Å². The van der Waals surface area contributed by atoms with Gasteiger partial charge in [0.1, 0.15) is 10.8 Å². The zero-order valence-electron chi connectivity index (χ0n) is 13.9. The summed E-state index contributed by atoms with van der Waals surface area (Å²) >= 11 is 23.6. The fourth-order valence-electron chi connectivity index (χ4n) is 2.05. The molecule has 2 amide bonds. The van der Waals surface area contributed by atoms with Crippen molar-refractivity contribution < 1.29 is 9.59 Å². The van der Waals surface area contributed by atoms with Crippen LogP contribution in [0.3, 0.4) is 0 Å². The van der Waals surface area contributed by atoms with E-state index in [-0.39, 0.29) is 37.7 Å². The molecule has 2 rings (SSSR count). The summed E-state index contributed by atoms with van der Waals surface area (Å²) in [5.74, 6) is -0.394. The van der Waals surface area contributed by atoms with Gasteiger partial charge in [0.25, 0.3) is 5.91 Å². The van der Waals surface area contributed by atoms with E-state index < -0.39 is 5.91 Å². The van der Waals surface area contributed by atoms with Crippen LogP contribution in [0.15, 0.2) is 24.3 Å². The maximum atomic E-state index is 12.3. The van der Waals surface area contributed by atoms with Crippen molar-refractivity contribution in [3.8, 4) is 0 Å². The summed E-state index contributed by atoms with van der Waals surface area (Å²) in [5, 5.41) is 5.15. The number of carbonyl (C=O) groups is 2. The van der Waals surface area contributed by atoms with Crippen LogP contribution in [0.2, 0.25) is 20.2 Å². The maximum Gasteiger partial charge on any atom is 0.275 e. The van der Waals surface area contributed by atoms with Crippen molar-refractivity contribution in [2.24, 2.45) is 5.92 Å². The van der Waals surface area contributed by atoms with Crippen LogP contribution in [0.5, 0.6) is 0 Å². The number of benzene rings is 1. The summed E-state index contributed by atoms with van der Waals surface area (Å²) in [5.41, 5.74) is 0.972. The molecule has 0 aliphatic carbocycles. The first-order valence-electron chi connectivity index (χ1n) is 7.60. The number of nitrogens with one attached hydrogen (secondary N) is 2. The average molecular weight is 435 g/mol. The van der Waals surface area contributed by atoms with Gasteiger partial charge in [0.05, 0.1) is 15.1 Å². The first kappa shape index (κ1) is 20.8. The number of pyridine rings is 1. The second-order valence-corrected chi connectivity index (χ2v) is 7.36. The number of amides is 2. The molecule has 0 radical (unpaired) electrons. The Morgan fingerprint density at radius 3 is 2.00 bits per heavy atom. The highest BCUT2D eigenvalue weighted by molar-refractivity contribution is 6.52. The lowest BCUT2D eigenvalue weighted by Crippen LogP contribution is -2.15. The molecule has 5 nitrogen and oxygen atoms in total. The molecular formula is C17H15Cl4N3O2. The Morgan fingerprint density at radius 1 is 0.923 bits per heavy atom. The van der Waals surface area contributed by atoms with Gasteiger partial charge < -0.3 is 10.6 Å². The second kappa shape index (κ2) is 8.91. The number of hydrogen-bond acceptors (Lipinski definition) is 3. The van der Waals surface area contributed by atoms with E-state index in [0.29, 0.717) is 17.8 Å². The molecule has 1 aromatic carbocycles. The van der Waals surface area contributed by atoms with Crippen molar-refractivity contribution >= 4 is 69.6 Å². The molecule has 1 heterocycles. The molecule has 0 saturated carbocycles. The average Bonchev–Trinajstić information content (AvgIpc) is 2.57. The van der Waals surface area contributed by atoms with Crippen molar-refractivity contribution in [3.63, 3.8) is 0 Å². The molecule has 0 aliphatic rings. The number of hydrogen-bond donors (Lipinski definition) is 2. The molecule has 9 heteroatoms. The lowest BCUT2D eigenvalue weighted by Gasteiger charge is -2.10. The number of rotatable bonds is 5. The highest BCUT2D eigenvalue weighted by Gasteiger charge is 2.20. The molecule has 2 N–H and O–H groups in total. The molecule has 0 unspecified atom stereocenters. The minimum atomic E-state index is -0.591. The highest BCUT2D eigenvalue weighted by Crippen LogP contribution is 2.36. The van der Waals surface area contributed by atoms with Gasteiger partial charge in [0.15, 0.2) is 0 Å². The standard InChI is InChI=1S/C17H15Cl4N3O2/c1-8(2)7-11(25)22-9-3-5-10(6-4-9)23-17(26)15-13(19)12(18)14(20)16(21)24-15/h3-6,8H,7H2,1-2H3,(H,22,25)(H,23,26). The summed E-state index contributed by atoms with van der Waals surface area (Å²) in [6.45, 7) is 3.93. The molecule has 138 valence electrons. The van der Waals surface area contributed by atoms with Gasteiger partial charge in [0.2, 0.25) is 5.91 Å². The summed E-state index contributed by atoms with van der Waals surface area (Å²) in [6, 6.07) is 6.61. The first-order valence-corrected chi connectivity index (χ1v) is 9.11. The Labute approximate surface area is 171 Å². The van der Waals surface area contributed by atoms with E-state index in [1.807, 2.05) is 13.8 Å². The Bertz CT molecular complexity index is 839. The Morgan fingerprint density at radius 2 is 1.46 bits per heavy atom. The molecule has 1 aromatic heterocycles. The van der Waals surface area contributed by atoms with Gasteiger partial charge in [-0.25, -0.2) is 4.98 Å². The van der Waals surface area contributed by atoms with Gasteiger partial charge in [-0.15, -0.1) is 0 Å². The first-order chi connectivity index (χ1) is 12.2. The topological polar surface area (TPSA) is 71.1 Å². The van der Waals surface area contributed by atoms with Gasteiger partial charge in [-0.3, -0.25) is 9.59 Å². The van der Waals surface area contributed by atoms with Gasteiger partial charge in [-0.2, -0.15) is 0 Å². The van der Waals surface area contributed by atoms with Gasteiger partial charge in [-0.1, -0.05) is 60.3 Å². The summed E-state index contributed by atoms with van der Waals surface area (Å²) in [4.78, 5) is 28.0. The lowest BCUT2D eigenvalue weighted by molar-refractivity contribution is -0.116. The zero-order chi connectivity index (χ0) is 19.4. The van der Waals surface area contributed by atoms with Crippen LogP contribution >= 0.6 is 46.4 Å². The number of halogens is 4. The number of carbonyl (C=O) groups excluding carboxylic acids is 2. The molecule has 0 atom stereocenters. The van der Waals surface area contributed by atoms with Crippen LogP contribution in [-0.2, 0) is 4.79 Å². The van der Waals surface area contributed by atoms with E-state index in [4.69, 9.17) is 46.4 Å². The monoisotopic (exact) mass is 433 g/mol. The zero-order valence-corrected chi connectivity index (χ0v) is 16.9. The van der Waals surface area contributed by atoms with Crippen molar-refractivity contribution in [3.05, 3.63) is 50.2 Å². The van der Waals surface area contributed by atoms with E-state index >= 15 is 0 Å².